The molecule has 2 aromatic rings. The zero-order valence-corrected chi connectivity index (χ0v) is 13.9. The number of carbonyl (C=O) groups excluding carboxylic acids is 2. The van der Waals surface area contributed by atoms with Gasteiger partial charge in [-0.2, -0.15) is 0 Å². The number of carbonyl (C=O) groups is 2. The second kappa shape index (κ2) is 7.79. The van der Waals surface area contributed by atoms with E-state index >= 15 is 0 Å². The van der Waals surface area contributed by atoms with Gasteiger partial charge < -0.3 is 10.2 Å². The Kier molecular flexibility index (Phi) is 5.77. The number of anilines is 2. The molecule has 0 aliphatic rings. The summed E-state index contributed by atoms with van der Waals surface area (Å²) in [6, 6.07) is 14.7. The van der Waals surface area contributed by atoms with E-state index in [1.165, 1.54) is 6.92 Å². The molecule has 0 aliphatic heterocycles. The van der Waals surface area contributed by atoms with Crippen molar-refractivity contribution in [2.75, 3.05) is 16.8 Å². The normalized spacial score (nSPS) is 10.2. The molecular weight excluding hydrogens is 312 g/mol. The maximum atomic E-state index is 12.1. The second-order valence-corrected chi connectivity index (χ2v) is 5.69. The van der Waals surface area contributed by atoms with Gasteiger partial charge in [0.2, 0.25) is 11.8 Å². The lowest BCUT2D eigenvalue weighted by atomic mass is 10.2. The second-order valence-electron chi connectivity index (χ2n) is 5.28. The molecule has 5 heteroatoms. The van der Waals surface area contributed by atoms with Crippen LogP contribution in [0.2, 0.25) is 5.02 Å². The van der Waals surface area contributed by atoms with Gasteiger partial charge in [0.05, 0.1) is 10.7 Å². The van der Waals surface area contributed by atoms with Crippen molar-refractivity contribution >= 4 is 34.8 Å². The number of nitrogens with zero attached hydrogens (tertiary/aromatic N) is 1. The summed E-state index contributed by atoms with van der Waals surface area (Å²) in [6.07, 6.45) is 0.193. The first-order valence-electron chi connectivity index (χ1n) is 7.36. The summed E-state index contributed by atoms with van der Waals surface area (Å²) in [7, 11) is 0. The third kappa shape index (κ3) is 4.83. The van der Waals surface area contributed by atoms with Crippen LogP contribution in [-0.2, 0) is 9.59 Å². The molecule has 0 atom stereocenters. The number of amides is 2. The van der Waals surface area contributed by atoms with E-state index < -0.39 is 0 Å². The van der Waals surface area contributed by atoms with Crippen LogP contribution in [0, 0.1) is 6.92 Å². The minimum Gasteiger partial charge on any atom is -0.325 e. The first-order valence-corrected chi connectivity index (χ1v) is 7.74. The molecular formula is C18H19ClN2O2. The largest absolute Gasteiger partial charge is 0.325 e. The van der Waals surface area contributed by atoms with Gasteiger partial charge in [0, 0.05) is 25.6 Å². The molecule has 0 heterocycles. The Hall–Kier alpha value is -2.33. The molecule has 0 aromatic heterocycles. The number of nitrogens with one attached hydrogen (secondary N) is 1. The van der Waals surface area contributed by atoms with Crippen LogP contribution in [0.3, 0.4) is 0 Å². The molecule has 4 nitrogen and oxygen atoms in total. The van der Waals surface area contributed by atoms with Gasteiger partial charge in [0.1, 0.15) is 0 Å². The molecule has 2 amide bonds. The van der Waals surface area contributed by atoms with Crippen LogP contribution in [0.5, 0.6) is 0 Å². The minimum atomic E-state index is -0.184. The van der Waals surface area contributed by atoms with Crippen LogP contribution in [0.25, 0.3) is 0 Å². The maximum Gasteiger partial charge on any atom is 0.226 e. The molecule has 0 bridgehead atoms. The van der Waals surface area contributed by atoms with Crippen LogP contribution in [-0.4, -0.2) is 18.4 Å². The lowest BCUT2D eigenvalue weighted by molar-refractivity contribution is -0.117. The fraction of sp³-hybridized carbons (Fsp3) is 0.222. The lowest BCUT2D eigenvalue weighted by Crippen LogP contribution is -2.31. The molecule has 0 saturated carbocycles. The van der Waals surface area contributed by atoms with E-state index in [1.807, 2.05) is 31.2 Å². The summed E-state index contributed by atoms with van der Waals surface area (Å²) in [5, 5.41) is 3.24. The number of hydrogen-bond acceptors (Lipinski definition) is 2. The zero-order chi connectivity index (χ0) is 16.8. The van der Waals surface area contributed by atoms with Crippen molar-refractivity contribution in [3.63, 3.8) is 0 Å². The van der Waals surface area contributed by atoms with Crippen molar-refractivity contribution in [3.05, 3.63) is 59.1 Å². The van der Waals surface area contributed by atoms with Crippen molar-refractivity contribution in [2.45, 2.75) is 20.3 Å². The summed E-state index contributed by atoms with van der Waals surface area (Å²) >= 11 is 6.01. The molecule has 0 saturated heterocycles. The van der Waals surface area contributed by atoms with E-state index in [4.69, 9.17) is 11.6 Å². The molecule has 2 rings (SSSR count). The SMILES string of the molecule is CC(=O)N(CCC(=O)Nc1ccccc1Cl)c1ccc(C)cc1. The third-order valence-corrected chi connectivity index (χ3v) is 3.77. The fourth-order valence-electron chi connectivity index (χ4n) is 2.18. The van der Waals surface area contributed by atoms with E-state index in [0.29, 0.717) is 17.3 Å². The average molecular weight is 331 g/mol. The average Bonchev–Trinajstić information content (AvgIpc) is 2.51. The highest BCUT2D eigenvalue weighted by Crippen LogP contribution is 2.21. The molecule has 0 unspecified atom stereocenters. The van der Waals surface area contributed by atoms with E-state index in [0.717, 1.165) is 11.3 Å². The molecule has 23 heavy (non-hydrogen) atoms. The molecule has 0 aliphatic carbocycles. The van der Waals surface area contributed by atoms with Crippen LogP contribution in [0.4, 0.5) is 11.4 Å². The van der Waals surface area contributed by atoms with Crippen molar-refractivity contribution in [2.24, 2.45) is 0 Å². The number of aryl methyl sites for hydroxylation is 1. The van der Waals surface area contributed by atoms with Gasteiger partial charge >= 0.3 is 0 Å². The van der Waals surface area contributed by atoms with Crippen molar-refractivity contribution < 1.29 is 9.59 Å². The van der Waals surface area contributed by atoms with E-state index in [9.17, 15) is 9.59 Å². The molecule has 2 aromatic carbocycles. The first-order chi connectivity index (χ1) is 11.0. The molecule has 120 valence electrons. The number of benzene rings is 2. The highest BCUT2D eigenvalue weighted by atomic mass is 35.5. The van der Waals surface area contributed by atoms with Crippen molar-refractivity contribution in [3.8, 4) is 0 Å². The smallest absolute Gasteiger partial charge is 0.226 e. The quantitative estimate of drug-likeness (QED) is 0.899. The van der Waals surface area contributed by atoms with E-state index in [1.54, 1.807) is 29.2 Å². The van der Waals surface area contributed by atoms with Gasteiger partial charge in [-0.15, -0.1) is 0 Å². The summed E-state index contributed by atoms with van der Waals surface area (Å²) in [5.41, 5.74) is 2.48. The van der Waals surface area contributed by atoms with Gasteiger partial charge in [-0.25, -0.2) is 0 Å². The van der Waals surface area contributed by atoms with Crippen LogP contribution in [0.1, 0.15) is 18.9 Å². The Balaban J connectivity index is 1.99. The fourth-order valence-corrected chi connectivity index (χ4v) is 2.36. The Morgan fingerprint density at radius 3 is 2.35 bits per heavy atom. The summed E-state index contributed by atoms with van der Waals surface area (Å²) in [6.45, 7) is 3.79. The maximum absolute atomic E-state index is 12.1. The van der Waals surface area contributed by atoms with Crippen LogP contribution >= 0.6 is 11.6 Å². The topological polar surface area (TPSA) is 49.4 Å². The molecule has 0 fully saturated rings. The van der Waals surface area contributed by atoms with Gasteiger partial charge in [-0.3, -0.25) is 9.59 Å². The van der Waals surface area contributed by atoms with Crippen LogP contribution in [0.15, 0.2) is 48.5 Å². The van der Waals surface area contributed by atoms with Crippen molar-refractivity contribution in [1.29, 1.82) is 0 Å². The lowest BCUT2D eigenvalue weighted by Gasteiger charge is -2.21. The molecule has 0 radical (unpaired) electrons. The van der Waals surface area contributed by atoms with Gasteiger partial charge in [0.25, 0.3) is 0 Å². The number of rotatable bonds is 5. The zero-order valence-electron chi connectivity index (χ0n) is 13.2. The Bertz CT molecular complexity index is 698. The highest BCUT2D eigenvalue weighted by molar-refractivity contribution is 6.33. The van der Waals surface area contributed by atoms with Gasteiger partial charge in [-0.1, -0.05) is 41.4 Å². The summed E-state index contributed by atoms with van der Waals surface area (Å²) in [4.78, 5) is 25.5. The number of para-hydroxylation sites is 1. The van der Waals surface area contributed by atoms with Crippen molar-refractivity contribution in [1.82, 2.24) is 0 Å². The van der Waals surface area contributed by atoms with E-state index in [2.05, 4.69) is 5.32 Å². The van der Waals surface area contributed by atoms with E-state index in [-0.39, 0.29) is 18.2 Å². The predicted octanol–water partition coefficient (Wildman–Crippen LogP) is 4.03. The Morgan fingerprint density at radius 1 is 1.09 bits per heavy atom. The summed E-state index contributed by atoms with van der Waals surface area (Å²) in [5.74, 6) is -0.282. The highest BCUT2D eigenvalue weighted by Gasteiger charge is 2.14. The first kappa shape index (κ1) is 17.0. The predicted molar refractivity (Wildman–Crippen MR) is 93.9 cm³/mol. The molecule has 1 N–H and O–H groups in total. The standard InChI is InChI=1S/C18H19ClN2O2/c1-13-7-9-15(10-8-13)21(14(2)22)12-11-18(23)20-17-6-4-3-5-16(17)19/h3-10H,11-12H2,1-2H3,(H,20,23). The van der Waals surface area contributed by atoms with Gasteiger partial charge in [-0.05, 0) is 31.2 Å². The number of halogens is 1. The Labute approximate surface area is 141 Å². The van der Waals surface area contributed by atoms with Gasteiger partial charge in [0.15, 0.2) is 0 Å². The summed E-state index contributed by atoms with van der Waals surface area (Å²) < 4.78 is 0. The number of hydrogen-bond donors (Lipinski definition) is 1. The minimum absolute atomic E-state index is 0.0978. The molecule has 0 spiro atoms. The monoisotopic (exact) mass is 330 g/mol. The van der Waals surface area contributed by atoms with Crippen LogP contribution < -0.4 is 10.2 Å². The third-order valence-electron chi connectivity index (χ3n) is 3.44. The Morgan fingerprint density at radius 2 is 1.74 bits per heavy atom.